The standard InChI is InChI=1S/C13H26N2O/c1-6-8-15(9-7-2)13(11-16-5)10-14-12(3)4/h1,12-14H,7-11H2,2-5H3. The summed E-state index contributed by atoms with van der Waals surface area (Å²) < 4.78 is 5.26. The van der Waals surface area contributed by atoms with Crippen LogP contribution in [-0.2, 0) is 4.74 Å². The van der Waals surface area contributed by atoms with Crippen LogP contribution < -0.4 is 5.32 Å². The van der Waals surface area contributed by atoms with Crippen molar-refractivity contribution in [1.82, 2.24) is 10.2 Å². The topological polar surface area (TPSA) is 24.5 Å². The minimum absolute atomic E-state index is 0.364. The minimum atomic E-state index is 0.364. The smallest absolute Gasteiger partial charge is 0.0630 e. The van der Waals surface area contributed by atoms with Crippen LogP contribution in [0.25, 0.3) is 0 Å². The number of nitrogens with one attached hydrogen (secondary N) is 1. The molecule has 0 saturated heterocycles. The summed E-state index contributed by atoms with van der Waals surface area (Å²) in [7, 11) is 1.74. The van der Waals surface area contributed by atoms with Crippen molar-refractivity contribution in [2.75, 3.05) is 33.4 Å². The fraction of sp³-hybridized carbons (Fsp3) is 0.846. The summed E-state index contributed by atoms with van der Waals surface area (Å²) in [5.41, 5.74) is 0. The lowest BCUT2D eigenvalue weighted by molar-refractivity contribution is 0.0964. The minimum Gasteiger partial charge on any atom is -0.383 e. The summed E-state index contributed by atoms with van der Waals surface area (Å²) >= 11 is 0. The van der Waals surface area contributed by atoms with E-state index in [1.54, 1.807) is 7.11 Å². The van der Waals surface area contributed by atoms with Crippen molar-refractivity contribution in [3.63, 3.8) is 0 Å². The molecule has 0 fully saturated rings. The molecule has 0 bridgehead atoms. The van der Waals surface area contributed by atoms with Crippen molar-refractivity contribution in [3.8, 4) is 12.3 Å². The molecule has 1 atom stereocenters. The maximum absolute atomic E-state index is 5.40. The Labute approximate surface area is 101 Å². The van der Waals surface area contributed by atoms with Crippen LogP contribution >= 0.6 is 0 Å². The fourth-order valence-corrected chi connectivity index (χ4v) is 1.65. The largest absolute Gasteiger partial charge is 0.383 e. The first-order valence-corrected chi connectivity index (χ1v) is 6.05. The summed E-state index contributed by atoms with van der Waals surface area (Å²) in [6, 6.07) is 0.858. The Kier molecular flexibility index (Phi) is 9.31. The van der Waals surface area contributed by atoms with E-state index < -0.39 is 0 Å². The fourth-order valence-electron chi connectivity index (χ4n) is 1.65. The number of hydrogen-bond donors (Lipinski definition) is 1. The van der Waals surface area contributed by atoms with E-state index in [9.17, 15) is 0 Å². The highest BCUT2D eigenvalue weighted by atomic mass is 16.5. The van der Waals surface area contributed by atoms with E-state index in [0.717, 1.165) is 26.1 Å². The van der Waals surface area contributed by atoms with Crippen LogP contribution in [-0.4, -0.2) is 50.3 Å². The number of ether oxygens (including phenoxy) is 1. The van der Waals surface area contributed by atoms with Crippen molar-refractivity contribution >= 4 is 0 Å². The normalized spacial score (nSPS) is 13.1. The zero-order valence-electron chi connectivity index (χ0n) is 11.1. The summed E-state index contributed by atoms with van der Waals surface area (Å²) in [6.07, 6.45) is 6.51. The van der Waals surface area contributed by atoms with Gasteiger partial charge >= 0.3 is 0 Å². The Morgan fingerprint density at radius 1 is 1.44 bits per heavy atom. The molecule has 1 unspecified atom stereocenters. The number of terminal acetylenes is 1. The summed E-state index contributed by atoms with van der Waals surface area (Å²) in [6.45, 7) is 9.84. The Balaban J connectivity index is 4.26. The molecular formula is C13H26N2O. The molecule has 0 aromatic carbocycles. The van der Waals surface area contributed by atoms with Crippen LogP contribution in [0.5, 0.6) is 0 Å². The van der Waals surface area contributed by atoms with Crippen LogP contribution in [0.4, 0.5) is 0 Å². The van der Waals surface area contributed by atoms with E-state index in [0.29, 0.717) is 18.6 Å². The molecule has 94 valence electrons. The number of rotatable bonds is 9. The van der Waals surface area contributed by atoms with E-state index in [1.807, 2.05) is 0 Å². The van der Waals surface area contributed by atoms with Crippen molar-refractivity contribution in [3.05, 3.63) is 0 Å². The van der Waals surface area contributed by atoms with E-state index in [2.05, 4.69) is 36.9 Å². The van der Waals surface area contributed by atoms with E-state index >= 15 is 0 Å². The van der Waals surface area contributed by atoms with Gasteiger partial charge in [-0.3, -0.25) is 4.90 Å². The number of hydrogen-bond acceptors (Lipinski definition) is 3. The second-order valence-electron chi connectivity index (χ2n) is 4.35. The first-order chi connectivity index (χ1) is 7.65. The van der Waals surface area contributed by atoms with Crippen LogP contribution in [0, 0.1) is 12.3 Å². The third-order valence-corrected chi connectivity index (χ3v) is 2.44. The second-order valence-corrected chi connectivity index (χ2v) is 4.35. The Bertz CT molecular complexity index is 199. The van der Waals surface area contributed by atoms with Gasteiger partial charge in [0.05, 0.1) is 13.2 Å². The Morgan fingerprint density at radius 2 is 2.12 bits per heavy atom. The molecule has 0 rings (SSSR count). The molecular weight excluding hydrogens is 200 g/mol. The first kappa shape index (κ1) is 15.4. The van der Waals surface area contributed by atoms with Crippen molar-refractivity contribution in [2.24, 2.45) is 0 Å². The zero-order chi connectivity index (χ0) is 12.4. The van der Waals surface area contributed by atoms with Gasteiger partial charge in [-0.05, 0) is 13.0 Å². The quantitative estimate of drug-likeness (QED) is 0.601. The highest BCUT2D eigenvalue weighted by molar-refractivity contribution is 4.91. The van der Waals surface area contributed by atoms with Crippen LogP contribution in [0.3, 0.4) is 0 Å². The zero-order valence-corrected chi connectivity index (χ0v) is 11.1. The number of methoxy groups -OCH3 is 1. The maximum atomic E-state index is 5.40. The SMILES string of the molecule is C#CCN(CCC)C(CNC(C)C)COC. The molecule has 16 heavy (non-hydrogen) atoms. The third kappa shape index (κ3) is 6.84. The lowest BCUT2D eigenvalue weighted by Gasteiger charge is -2.30. The van der Waals surface area contributed by atoms with Crippen LogP contribution in [0.15, 0.2) is 0 Å². The van der Waals surface area contributed by atoms with Gasteiger partial charge in [0.2, 0.25) is 0 Å². The average Bonchev–Trinajstić information content (AvgIpc) is 2.24. The predicted molar refractivity (Wildman–Crippen MR) is 69.5 cm³/mol. The Hall–Kier alpha value is -0.560. The van der Waals surface area contributed by atoms with Gasteiger partial charge < -0.3 is 10.1 Å². The monoisotopic (exact) mass is 226 g/mol. The summed E-state index contributed by atoms with van der Waals surface area (Å²) in [5.74, 6) is 2.72. The average molecular weight is 226 g/mol. The van der Waals surface area contributed by atoms with Crippen LogP contribution in [0.2, 0.25) is 0 Å². The molecule has 0 aliphatic rings. The predicted octanol–water partition coefficient (Wildman–Crippen LogP) is 1.34. The van der Waals surface area contributed by atoms with Crippen LogP contribution in [0.1, 0.15) is 27.2 Å². The van der Waals surface area contributed by atoms with Gasteiger partial charge in [-0.25, -0.2) is 0 Å². The van der Waals surface area contributed by atoms with E-state index in [4.69, 9.17) is 11.2 Å². The highest BCUT2D eigenvalue weighted by Crippen LogP contribution is 2.01. The third-order valence-electron chi connectivity index (χ3n) is 2.44. The molecule has 0 heterocycles. The van der Waals surface area contributed by atoms with E-state index in [-0.39, 0.29) is 0 Å². The van der Waals surface area contributed by atoms with Gasteiger partial charge in [0.25, 0.3) is 0 Å². The summed E-state index contributed by atoms with van der Waals surface area (Å²) in [4.78, 5) is 2.30. The second kappa shape index (κ2) is 9.65. The maximum Gasteiger partial charge on any atom is 0.0630 e. The Morgan fingerprint density at radius 3 is 2.56 bits per heavy atom. The lowest BCUT2D eigenvalue weighted by Crippen LogP contribution is -2.47. The first-order valence-electron chi connectivity index (χ1n) is 6.05. The molecule has 0 spiro atoms. The summed E-state index contributed by atoms with van der Waals surface area (Å²) in [5, 5.41) is 3.44. The molecule has 3 heteroatoms. The molecule has 0 aliphatic heterocycles. The molecule has 3 nitrogen and oxygen atoms in total. The molecule has 0 amide bonds. The van der Waals surface area contributed by atoms with E-state index in [1.165, 1.54) is 0 Å². The highest BCUT2D eigenvalue weighted by Gasteiger charge is 2.16. The lowest BCUT2D eigenvalue weighted by atomic mass is 10.2. The molecule has 0 aliphatic carbocycles. The van der Waals surface area contributed by atoms with Gasteiger partial charge in [-0.15, -0.1) is 6.42 Å². The van der Waals surface area contributed by atoms with Crippen molar-refractivity contribution in [1.29, 1.82) is 0 Å². The molecule has 0 saturated carbocycles. The molecule has 0 aromatic heterocycles. The molecule has 0 radical (unpaired) electrons. The van der Waals surface area contributed by atoms with Gasteiger partial charge in [0, 0.05) is 25.7 Å². The van der Waals surface area contributed by atoms with Gasteiger partial charge in [-0.1, -0.05) is 26.7 Å². The van der Waals surface area contributed by atoms with Gasteiger partial charge in [0.1, 0.15) is 0 Å². The van der Waals surface area contributed by atoms with Gasteiger partial charge in [0.15, 0.2) is 0 Å². The van der Waals surface area contributed by atoms with Crippen molar-refractivity contribution < 1.29 is 4.74 Å². The molecule has 0 aromatic rings. The molecule has 1 N–H and O–H groups in total. The number of nitrogens with zero attached hydrogens (tertiary/aromatic N) is 1. The van der Waals surface area contributed by atoms with Gasteiger partial charge in [-0.2, -0.15) is 0 Å². The van der Waals surface area contributed by atoms with Crippen molar-refractivity contribution in [2.45, 2.75) is 39.3 Å².